The van der Waals surface area contributed by atoms with E-state index < -0.39 is 0 Å². The number of rotatable bonds is 4. The molecule has 1 fully saturated rings. The van der Waals surface area contributed by atoms with Gasteiger partial charge >= 0.3 is 0 Å². The normalized spacial score (nSPS) is 15.0. The molecule has 0 aliphatic carbocycles. The van der Waals surface area contributed by atoms with E-state index in [0.29, 0.717) is 6.61 Å². The standard InChI is InChI=1S/C17H20N2O2S/c1-2-21-15-7-5-14(6-8-15)18-9-11-19(12-10-18)17(20)16-4-3-13-22-16/h3-8,13H,2,9-12H2,1H3. The lowest BCUT2D eigenvalue weighted by Crippen LogP contribution is -2.48. The van der Waals surface area contributed by atoms with Crippen LogP contribution in [0.4, 0.5) is 5.69 Å². The monoisotopic (exact) mass is 316 g/mol. The summed E-state index contributed by atoms with van der Waals surface area (Å²) in [4.78, 5) is 17.4. The van der Waals surface area contributed by atoms with Crippen molar-refractivity contribution in [1.82, 2.24) is 4.90 Å². The van der Waals surface area contributed by atoms with Crippen molar-refractivity contribution < 1.29 is 9.53 Å². The summed E-state index contributed by atoms with van der Waals surface area (Å²) in [5, 5.41) is 1.95. The fraction of sp³-hybridized carbons (Fsp3) is 0.353. The second-order valence-electron chi connectivity index (χ2n) is 5.18. The van der Waals surface area contributed by atoms with Crippen LogP contribution in [-0.4, -0.2) is 43.6 Å². The molecule has 0 bridgehead atoms. The maximum atomic E-state index is 12.3. The predicted octanol–water partition coefficient (Wildman–Crippen LogP) is 3.11. The summed E-state index contributed by atoms with van der Waals surface area (Å²) in [5.74, 6) is 1.05. The number of benzene rings is 1. The lowest BCUT2D eigenvalue weighted by atomic mass is 10.2. The van der Waals surface area contributed by atoms with E-state index >= 15 is 0 Å². The third-order valence-electron chi connectivity index (χ3n) is 3.81. The van der Waals surface area contributed by atoms with Crippen molar-refractivity contribution in [2.45, 2.75) is 6.92 Å². The molecule has 4 nitrogen and oxygen atoms in total. The van der Waals surface area contributed by atoms with Crippen LogP contribution in [0.1, 0.15) is 16.6 Å². The van der Waals surface area contributed by atoms with Crippen LogP contribution in [0.25, 0.3) is 0 Å². The third-order valence-corrected chi connectivity index (χ3v) is 4.67. The molecule has 3 rings (SSSR count). The Bertz CT molecular complexity index is 602. The van der Waals surface area contributed by atoms with Crippen LogP contribution < -0.4 is 9.64 Å². The molecular weight excluding hydrogens is 296 g/mol. The van der Waals surface area contributed by atoms with Gasteiger partial charge < -0.3 is 14.5 Å². The van der Waals surface area contributed by atoms with E-state index in [4.69, 9.17) is 4.74 Å². The van der Waals surface area contributed by atoms with Crippen molar-refractivity contribution in [2.75, 3.05) is 37.7 Å². The van der Waals surface area contributed by atoms with Crippen molar-refractivity contribution in [3.63, 3.8) is 0 Å². The Hall–Kier alpha value is -2.01. The van der Waals surface area contributed by atoms with E-state index in [0.717, 1.165) is 36.8 Å². The number of ether oxygens (including phenoxy) is 1. The van der Waals surface area contributed by atoms with E-state index in [1.165, 1.54) is 17.0 Å². The summed E-state index contributed by atoms with van der Waals surface area (Å²) in [6.45, 7) is 5.94. The first-order chi connectivity index (χ1) is 10.8. The van der Waals surface area contributed by atoms with Crippen molar-refractivity contribution in [3.05, 3.63) is 46.7 Å². The molecule has 1 aliphatic heterocycles. The van der Waals surface area contributed by atoms with Crippen LogP contribution in [-0.2, 0) is 0 Å². The van der Waals surface area contributed by atoms with Gasteiger partial charge in [0.15, 0.2) is 0 Å². The van der Waals surface area contributed by atoms with Crippen LogP contribution in [0.5, 0.6) is 5.75 Å². The summed E-state index contributed by atoms with van der Waals surface area (Å²) in [7, 11) is 0. The Labute approximate surface area is 134 Å². The molecule has 0 spiro atoms. The van der Waals surface area contributed by atoms with E-state index in [1.54, 1.807) is 0 Å². The SMILES string of the molecule is CCOc1ccc(N2CCN(C(=O)c3cccs3)CC2)cc1. The second-order valence-corrected chi connectivity index (χ2v) is 6.13. The van der Waals surface area contributed by atoms with Crippen LogP contribution in [0, 0.1) is 0 Å². The molecule has 22 heavy (non-hydrogen) atoms. The molecule has 1 aromatic heterocycles. The van der Waals surface area contributed by atoms with E-state index in [1.807, 2.05) is 41.5 Å². The number of nitrogens with zero attached hydrogens (tertiary/aromatic N) is 2. The molecule has 1 aromatic carbocycles. The smallest absolute Gasteiger partial charge is 0.264 e. The molecule has 1 amide bonds. The van der Waals surface area contributed by atoms with Crippen molar-refractivity contribution >= 4 is 22.9 Å². The minimum atomic E-state index is 0.154. The second kappa shape index (κ2) is 6.83. The van der Waals surface area contributed by atoms with Crippen molar-refractivity contribution in [3.8, 4) is 5.75 Å². The van der Waals surface area contributed by atoms with Gasteiger partial charge in [0, 0.05) is 31.9 Å². The topological polar surface area (TPSA) is 32.8 Å². The largest absolute Gasteiger partial charge is 0.494 e. The average Bonchev–Trinajstić information content (AvgIpc) is 3.10. The zero-order valence-corrected chi connectivity index (χ0v) is 13.5. The van der Waals surface area contributed by atoms with Crippen molar-refractivity contribution in [1.29, 1.82) is 0 Å². The first-order valence-electron chi connectivity index (χ1n) is 7.58. The maximum Gasteiger partial charge on any atom is 0.264 e. The Balaban J connectivity index is 1.58. The Morgan fingerprint density at radius 3 is 2.45 bits per heavy atom. The molecule has 0 unspecified atom stereocenters. The van der Waals surface area contributed by atoms with Gasteiger partial charge in [-0.25, -0.2) is 0 Å². The fourth-order valence-corrected chi connectivity index (χ4v) is 3.33. The number of anilines is 1. The Morgan fingerprint density at radius 2 is 1.86 bits per heavy atom. The zero-order chi connectivity index (χ0) is 15.4. The van der Waals surface area contributed by atoms with Gasteiger partial charge in [-0.3, -0.25) is 4.79 Å². The number of hydrogen-bond acceptors (Lipinski definition) is 4. The number of thiophene rings is 1. The number of carbonyl (C=O) groups is 1. The van der Waals surface area contributed by atoms with Crippen molar-refractivity contribution in [2.24, 2.45) is 0 Å². The quantitative estimate of drug-likeness (QED) is 0.869. The summed E-state index contributed by atoms with van der Waals surface area (Å²) in [6.07, 6.45) is 0. The molecule has 0 atom stereocenters. The summed E-state index contributed by atoms with van der Waals surface area (Å²) >= 11 is 1.51. The molecule has 1 aliphatic rings. The zero-order valence-electron chi connectivity index (χ0n) is 12.7. The minimum Gasteiger partial charge on any atom is -0.494 e. The Kier molecular flexibility index (Phi) is 4.63. The summed E-state index contributed by atoms with van der Waals surface area (Å²) in [6, 6.07) is 12.0. The number of hydrogen-bond donors (Lipinski definition) is 0. The highest BCUT2D eigenvalue weighted by Crippen LogP contribution is 2.21. The fourth-order valence-electron chi connectivity index (χ4n) is 2.64. The molecule has 116 valence electrons. The molecular formula is C17H20N2O2S. The van der Waals surface area contributed by atoms with Gasteiger partial charge in [-0.15, -0.1) is 11.3 Å². The van der Waals surface area contributed by atoms with Gasteiger partial charge in [-0.1, -0.05) is 6.07 Å². The summed E-state index contributed by atoms with van der Waals surface area (Å²) in [5.41, 5.74) is 1.19. The number of piperazine rings is 1. The first kappa shape index (κ1) is 14.9. The van der Waals surface area contributed by atoms with E-state index in [-0.39, 0.29) is 5.91 Å². The van der Waals surface area contributed by atoms with Gasteiger partial charge in [-0.05, 0) is 42.6 Å². The third kappa shape index (κ3) is 3.25. The molecule has 0 radical (unpaired) electrons. The highest BCUT2D eigenvalue weighted by molar-refractivity contribution is 7.12. The summed E-state index contributed by atoms with van der Waals surface area (Å²) < 4.78 is 5.47. The van der Waals surface area contributed by atoms with Gasteiger partial charge in [0.05, 0.1) is 11.5 Å². The number of amides is 1. The van der Waals surface area contributed by atoms with Crippen LogP contribution in [0.3, 0.4) is 0 Å². The van der Waals surface area contributed by atoms with E-state index in [2.05, 4.69) is 17.0 Å². The molecule has 5 heteroatoms. The highest BCUT2D eigenvalue weighted by atomic mass is 32.1. The number of carbonyl (C=O) groups excluding carboxylic acids is 1. The first-order valence-corrected chi connectivity index (χ1v) is 8.46. The molecule has 2 heterocycles. The molecule has 0 saturated carbocycles. The predicted molar refractivity (Wildman–Crippen MR) is 90.0 cm³/mol. The lowest BCUT2D eigenvalue weighted by Gasteiger charge is -2.36. The van der Waals surface area contributed by atoms with Gasteiger partial charge in [0.2, 0.25) is 0 Å². The maximum absolute atomic E-state index is 12.3. The van der Waals surface area contributed by atoms with Gasteiger partial charge in [-0.2, -0.15) is 0 Å². The molecule has 0 N–H and O–H groups in total. The van der Waals surface area contributed by atoms with Gasteiger partial charge in [0.1, 0.15) is 5.75 Å². The minimum absolute atomic E-state index is 0.154. The van der Waals surface area contributed by atoms with Gasteiger partial charge in [0.25, 0.3) is 5.91 Å². The molecule has 1 saturated heterocycles. The molecule has 2 aromatic rings. The van der Waals surface area contributed by atoms with E-state index in [9.17, 15) is 4.79 Å². The van der Waals surface area contributed by atoms with Crippen LogP contribution >= 0.6 is 11.3 Å². The Morgan fingerprint density at radius 1 is 1.14 bits per heavy atom. The lowest BCUT2D eigenvalue weighted by molar-refractivity contribution is 0.0751. The van der Waals surface area contributed by atoms with Crippen LogP contribution in [0.15, 0.2) is 41.8 Å². The van der Waals surface area contributed by atoms with Crippen LogP contribution in [0.2, 0.25) is 0 Å². The average molecular weight is 316 g/mol. The highest BCUT2D eigenvalue weighted by Gasteiger charge is 2.22.